The summed E-state index contributed by atoms with van der Waals surface area (Å²) in [7, 11) is 1.15. The van der Waals surface area contributed by atoms with Gasteiger partial charge in [0.05, 0.1) is 30.3 Å². The largest absolute Gasteiger partial charge is 0.494 e. The molecule has 31 heavy (non-hydrogen) atoms. The fourth-order valence-corrected chi connectivity index (χ4v) is 2.49. The lowest BCUT2D eigenvalue weighted by Crippen LogP contribution is -2.13. The fraction of sp³-hybridized carbons (Fsp3) is 0.200. The Labute approximate surface area is 175 Å². The van der Waals surface area contributed by atoms with Crippen LogP contribution in [-0.2, 0) is 4.79 Å². The molecule has 9 nitrogen and oxygen atoms in total. The maximum atomic E-state index is 12.6. The number of nitrogens with zero attached hydrogens (tertiary/aromatic N) is 2. The van der Waals surface area contributed by atoms with Gasteiger partial charge in [0.2, 0.25) is 0 Å². The van der Waals surface area contributed by atoms with Gasteiger partial charge in [-0.15, -0.1) is 0 Å². The third kappa shape index (κ3) is 6.14. The molecule has 0 bridgehead atoms. The second-order valence-corrected chi connectivity index (χ2v) is 5.78. The molecule has 2 aromatic rings. The number of methoxy groups -OCH3 is 1. The summed E-state index contributed by atoms with van der Waals surface area (Å²) in [6.07, 6.45) is 0.955. The minimum absolute atomic E-state index is 0.207. The number of benzene rings is 2. The number of amides is 1. The van der Waals surface area contributed by atoms with E-state index in [1.54, 1.807) is 30.3 Å². The van der Waals surface area contributed by atoms with Crippen LogP contribution in [0.2, 0.25) is 0 Å². The van der Waals surface area contributed by atoms with E-state index in [4.69, 9.17) is 9.47 Å². The van der Waals surface area contributed by atoms with Crippen molar-refractivity contribution in [2.75, 3.05) is 19.0 Å². The average molecular weight is 433 g/mol. The highest BCUT2D eigenvalue weighted by Crippen LogP contribution is 2.36. The van der Waals surface area contributed by atoms with E-state index in [-0.39, 0.29) is 11.3 Å². The summed E-state index contributed by atoms with van der Waals surface area (Å²) in [5.74, 6) is -1.03. The molecule has 1 amide bonds. The number of rotatable bonds is 9. The predicted molar refractivity (Wildman–Crippen MR) is 106 cm³/mol. The van der Waals surface area contributed by atoms with Crippen LogP contribution >= 0.6 is 0 Å². The van der Waals surface area contributed by atoms with Crippen molar-refractivity contribution in [3.63, 3.8) is 0 Å². The summed E-state index contributed by atoms with van der Waals surface area (Å²) in [5.41, 5.74) is -0.955. The number of ether oxygens (including phenoxy) is 3. The van der Waals surface area contributed by atoms with Crippen molar-refractivity contribution in [1.29, 1.82) is 5.26 Å². The number of alkyl halides is 2. The SMILES string of the molecule is CCOc1ccc(NC(=O)/C(C#N)=C/c2cc(OC)c(OC(F)F)cc2[N+](=O)[O-])cc1. The summed E-state index contributed by atoms with van der Waals surface area (Å²) in [6.45, 7) is -0.944. The first kappa shape index (κ1) is 23.1. The highest BCUT2D eigenvalue weighted by molar-refractivity contribution is 6.10. The number of hydrogen-bond acceptors (Lipinski definition) is 7. The Kier molecular flexibility index (Phi) is 7.85. The van der Waals surface area contributed by atoms with Gasteiger partial charge in [0.1, 0.15) is 17.4 Å². The van der Waals surface area contributed by atoms with Crippen LogP contribution in [0.4, 0.5) is 20.2 Å². The summed E-state index contributed by atoms with van der Waals surface area (Å²) >= 11 is 0. The zero-order valence-corrected chi connectivity index (χ0v) is 16.4. The molecule has 0 radical (unpaired) electrons. The van der Waals surface area contributed by atoms with Crippen molar-refractivity contribution in [2.45, 2.75) is 13.5 Å². The van der Waals surface area contributed by atoms with Crippen molar-refractivity contribution in [2.24, 2.45) is 0 Å². The summed E-state index contributed by atoms with van der Waals surface area (Å²) in [6, 6.07) is 9.77. The van der Waals surface area contributed by atoms with Crippen molar-refractivity contribution in [1.82, 2.24) is 0 Å². The minimum atomic E-state index is -3.23. The molecule has 162 valence electrons. The van der Waals surface area contributed by atoms with Crippen LogP contribution in [0, 0.1) is 21.4 Å². The molecule has 0 aliphatic rings. The molecular weight excluding hydrogens is 416 g/mol. The topological polar surface area (TPSA) is 124 Å². The molecule has 2 rings (SSSR count). The standard InChI is InChI=1S/C20H17F2N3O6/c1-3-30-15-6-4-14(5-7-15)24-19(26)13(11-23)8-12-9-17(29-2)18(31-20(21)22)10-16(12)25(27)28/h4-10,20H,3H2,1-2H3,(H,24,26)/b13-8+. The number of carbonyl (C=O) groups excluding carboxylic acids is 1. The van der Waals surface area contributed by atoms with Crippen LogP contribution in [0.15, 0.2) is 42.0 Å². The molecule has 0 unspecified atom stereocenters. The molecule has 0 atom stereocenters. The molecule has 2 aromatic carbocycles. The van der Waals surface area contributed by atoms with E-state index in [0.717, 1.165) is 25.3 Å². The lowest BCUT2D eigenvalue weighted by atomic mass is 10.1. The van der Waals surface area contributed by atoms with Gasteiger partial charge in [-0.05, 0) is 43.3 Å². The van der Waals surface area contributed by atoms with E-state index in [2.05, 4.69) is 10.1 Å². The number of hydrogen-bond donors (Lipinski definition) is 1. The van der Waals surface area contributed by atoms with E-state index < -0.39 is 34.5 Å². The molecular formula is C20H17F2N3O6. The van der Waals surface area contributed by atoms with E-state index in [1.165, 1.54) is 0 Å². The zero-order valence-electron chi connectivity index (χ0n) is 16.4. The summed E-state index contributed by atoms with van der Waals surface area (Å²) in [4.78, 5) is 23.0. The minimum Gasteiger partial charge on any atom is -0.494 e. The molecule has 0 saturated carbocycles. The predicted octanol–water partition coefficient (Wildman–Crippen LogP) is 4.15. The monoisotopic (exact) mass is 433 g/mol. The second kappa shape index (κ2) is 10.5. The van der Waals surface area contributed by atoms with Crippen molar-refractivity contribution >= 4 is 23.4 Å². The average Bonchev–Trinajstić information content (AvgIpc) is 2.73. The van der Waals surface area contributed by atoms with Gasteiger partial charge in [-0.3, -0.25) is 14.9 Å². The van der Waals surface area contributed by atoms with Gasteiger partial charge in [0, 0.05) is 5.69 Å². The maximum absolute atomic E-state index is 12.6. The number of nitrogens with one attached hydrogen (secondary N) is 1. The van der Waals surface area contributed by atoms with E-state index in [9.17, 15) is 29.0 Å². The lowest BCUT2D eigenvalue weighted by Gasteiger charge is -2.11. The third-order valence-corrected chi connectivity index (χ3v) is 3.81. The highest BCUT2D eigenvalue weighted by Gasteiger charge is 2.22. The van der Waals surface area contributed by atoms with Crippen LogP contribution < -0.4 is 19.5 Å². The van der Waals surface area contributed by atoms with Gasteiger partial charge in [0.25, 0.3) is 11.6 Å². The van der Waals surface area contributed by atoms with Gasteiger partial charge in [0.15, 0.2) is 11.5 Å². The van der Waals surface area contributed by atoms with Gasteiger partial charge < -0.3 is 19.5 Å². The Hall–Kier alpha value is -4.20. The van der Waals surface area contributed by atoms with Gasteiger partial charge >= 0.3 is 6.61 Å². The molecule has 0 saturated heterocycles. The van der Waals surface area contributed by atoms with Crippen LogP contribution in [0.1, 0.15) is 12.5 Å². The first-order chi connectivity index (χ1) is 14.8. The number of nitro groups is 1. The molecule has 11 heteroatoms. The fourth-order valence-electron chi connectivity index (χ4n) is 2.49. The van der Waals surface area contributed by atoms with Crippen LogP contribution in [0.3, 0.4) is 0 Å². The molecule has 0 aliphatic heterocycles. The van der Waals surface area contributed by atoms with Crippen molar-refractivity contribution < 1.29 is 32.7 Å². The van der Waals surface area contributed by atoms with Crippen molar-refractivity contribution in [3.05, 3.63) is 57.6 Å². The Morgan fingerprint density at radius 2 is 1.97 bits per heavy atom. The van der Waals surface area contributed by atoms with Crippen LogP contribution in [0.25, 0.3) is 6.08 Å². The lowest BCUT2D eigenvalue weighted by molar-refractivity contribution is -0.385. The number of anilines is 1. The smallest absolute Gasteiger partial charge is 0.387 e. The van der Waals surface area contributed by atoms with E-state index in [1.807, 2.05) is 6.92 Å². The third-order valence-electron chi connectivity index (χ3n) is 3.81. The molecule has 0 heterocycles. The molecule has 0 spiro atoms. The molecule has 1 N–H and O–H groups in total. The van der Waals surface area contributed by atoms with Gasteiger partial charge in [-0.2, -0.15) is 14.0 Å². The Bertz CT molecular complexity index is 1030. The normalized spacial score (nSPS) is 10.9. The maximum Gasteiger partial charge on any atom is 0.387 e. The summed E-state index contributed by atoms with van der Waals surface area (Å²) < 4.78 is 39.5. The van der Waals surface area contributed by atoms with Gasteiger partial charge in [-0.25, -0.2) is 0 Å². The number of nitro benzene ring substituents is 1. The Balaban J connectivity index is 2.38. The second-order valence-electron chi connectivity index (χ2n) is 5.78. The summed E-state index contributed by atoms with van der Waals surface area (Å²) in [5, 5.41) is 23.2. The van der Waals surface area contributed by atoms with Crippen molar-refractivity contribution in [3.8, 4) is 23.3 Å². The Morgan fingerprint density at radius 3 is 2.48 bits per heavy atom. The highest BCUT2D eigenvalue weighted by atomic mass is 19.3. The Morgan fingerprint density at radius 1 is 1.29 bits per heavy atom. The zero-order chi connectivity index (χ0) is 23.0. The first-order valence-electron chi connectivity index (χ1n) is 8.76. The number of carbonyl (C=O) groups is 1. The molecule has 0 aliphatic carbocycles. The van der Waals surface area contributed by atoms with Crippen LogP contribution in [0.5, 0.6) is 17.2 Å². The molecule has 0 aromatic heterocycles. The van der Waals surface area contributed by atoms with E-state index >= 15 is 0 Å². The van der Waals surface area contributed by atoms with Gasteiger partial charge in [-0.1, -0.05) is 0 Å². The number of nitriles is 1. The van der Waals surface area contributed by atoms with E-state index in [0.29, 0.717) is 18.0 Å². The quantitative estimate of drug-likeness (QED) is 0.273. The number of halogens is 2. The van der Waals surface area contributed by atoms with Crippen LogP contribution in [-0.4, -0.2) is 31.2 Å². The first-order valence-corrected chi connectivity index (χ1v) is 8.76. The molecule has 0 fully saturated rings.